The fourth-order valence-electron chi connectivity index (χ4n) is 8.20. The minimum atomic E-state index is -0.430. The smallest absolute Gasteiger partial charge is 0.272 e. The van der Waals surface area contributed by atoms with Crippen molar-refractivity contribution < 1.29 is 33.2 Å². The van der Waals surface area contributed by atoms with E-state index in [9.17, 15) is 4.79 Å². The lowest BCUT2D eigenvalue weighted by atomic mass is 9.88. The first-order valence-corrected chi connectivity index (χ1v) is 18.6. The van der Waals surface area contributed by atoms with Crippen LogP contribution >= 0.6 is 11.6 Å². The first-order chi connectivity index (χ1) is 26.6. The normalized spacial score (nSPS) is 17.7. The second-order valence-corrected chi connectivity index (χ2v) is 14.7. The van der Waals surface area contributed by atoms with Gasteiger partial charge in [-0.25, -0.2) is 10.0 Å². The molecule has 0 N–H and O–H groups in total. The number of fused-ring (bicyclic) bond motifs is 2. The van der Waals surface area contributed by atoms with Gasteiger partial charge in [0.15, 0.2) is 34.5 Å². The Bertz CT molecular complexity index is 2280. The van der Waals surface area contributed by atoms with Crippen LogP contribution in [0.5, 0.6) is 46.0 Å². The molecule has 0 aliphatic carbocycles. The first-order valence-electron chi connectivity index (χ1n) is 18.3. The summed E-state index contributed by atoms with van der Waals surface area (Å²) >= 11 is 6.26. The molecular formula is C44H44ClN3O7. The summed E-state index contributed by atoms with van der Waals surface area (Å²) in [7, 11) is 10.6. The fourth-order valence-corrected chi connectivity index (χ4v) is 8.33. The third kappa shape index (κ3) is 6.48. The van der Waals surface area contributed by atoms with Gasteiger partial charge in [0.25, 0.3) is 5.91 Å². The van der Waals surface area contributed by atoms with E-state index in [2.05, 4.69) is 36.2 Å². The number of benzene rings is 5. The average Bonchev–Trinajstić information content (AvgIpc) is 3.19. The number of ether oxygens (including phenoxy) is 6. The molecule has 284 valence electrons. The number of nitrogens with zero attached hydrogens (tertiary/aromatic N) is 3. The van der Waals surface area contributed by atoms with Gasteiger partial charge in [0, 0.05) is 41.9 Å². The molecule has 4 heterocycles. The van der Waals surface area contributed by atoms with E-state index < -0.39 is 6.04 Å². The Morgan fingerprint density at radius 1 is 0.745 bits per heavy atom. The van der Waals surface area contributed by atoms with Crippen LogP contribution in [0.1, 0.15) is 55.8 Å². The van der Waals surface area contributed by atoms with Crippen LogP contribution in [0, 0.1) is 6.92 Å². The van der Waals surface area contributed by atoms with E-state index >= 15 is 0 Å². The molecule has 5 aromatic carbocycles. The van der Waals surface area contributed by atoms with Gasteiger partial charge in [0.1, 0.15) is 5.75 Å². The zero-order chi connectivity index (χ0) is 38.5. The zero-order valence-corrected chi connectivity index (χ0v) is 32.8. The van der Waals surface area contributed by atoms with Gasteiger partial charge in [-0.2, -0.15) is 0 Å². The van der Waals surface area contributed by atoms with Gasteiger partial charge in [-0.1, -0.05) is 23.7 Å². The summed E-state index contributed by atoms with van der Waals surface area (Å²) in [5.74, 6) is 4.05. The first kappa shape index (κ1) is 36.6. The molecule has 55 heavy (non-hydrogen) atoms. The third-order valence-electron chi connectivity index (χ3n) is 11.1. The van der Waals surface area contributed by atoms with Crippen molar-refractivity contribution in [1.29, 1.82) is 0 Å². The van der Waals surface area contributed by atoms with Crippen LogP contribution in [0.15, 0.2) is 78.9 Å². The second-order valence-electron chi connectivity index (χ2n) is 14.2. The van der Waals surface area contributed by atoms with Crippen molar-refractivity contribution in [2.75, 3.05) is 54.1 Å². The van der Waals surface area contributed by atoms with E-state index in [-0.39, 0.29) is 11.9 Å². The van der Waals surface area contributed by atoms with E-state index in [4.69, 9.17) is 40.0 Å². The molecule has 0 radical (unpaired) electrons. The van der Waals surface area contributed by atoms with Gasteiger partial charge in [-0.15, -0.1) is 0 Å². The molecular weight excluding hydrogens is 718 g/mol. The molecule has 0 unspecified atom stereocenters. The summed E-state index contributed by atoms with van der Waals surface area (Å²) in [5.41, 5.74) is 7.28. The molecule has 5 aromatic rings. The van der Waals surface area contributed by atoms with Crippen molar-refractivity contribution in [1.82, 2.24) is 9.91 Å². The van der Waals surface area contributed by atoms with Gasteiger partial charge in [-0.3, -0.25) is 9.69 Å². The van der Waals surface area contributed by atoms with E-state index in [0.717, 1.165) is 36.1 Å². The molecule has 0 aromatic heterocycles. The Balaban J connectivity index is 1.40. The van der Waals surface area contributed by atoms with E-state index in [1.807, 2.05) is 49.3 Å². The summed E-state index contributed by atoms with van der Waals surface area (Å²) < 4.78 is 37.6. The Morgan fingerprint density at radius 2 is 1.44 bits per heavy atom. The van der Waals surface area contributed by atoms with E-state index in [0.29, 0.717) is 68.7 Å². The predicted octanol–water partition coefficient (Wildman–Crippen LogP) is 9.14. The molecule has 2 atom stereocenters. The molecule has 0 spiro atoms. The molecule has 0 saturated heterocycles. The highest BCUT2D eigenvalue weighted by atomic mass is 35.5. The molecule has 0 saturated carbocycles. The number of halogens is 1. The van der Waals surface area contributed by atoms with Crippen LogP contribution in [0.4, 0.5) is 5.69 Å². The number of rotatable bonds is 5. The van der Waals surface area contributed by atoms with Crippen molar-refractivity contribution in [2.45, 2.75) is 38.3 Å². The van der Waals surface area contributed by atoms with Crippen LogP contribution in [-0.2, 0) is 19.3 Å². The Kier molecular flexibility index (Phi) is 9.75. The monoisotopic (exact) mass is 761 g/mol. The van der Waals surface area contributed by atoms with Crippen LogP contribution in [-0.4, -0.2) is 64.9 Å². The Hall–Kier alpha value is -5.42. The molecule has 10 nitrogen and oxygen atoms in total. The van der Waals surface area contributed by atoms with E-state index in [1.54, 1.807) is 57.7 Å². The molecule has 0 fully saturated rings. The molecule has 1 amide bonds. The summed E-state index contributed by atoms with van der Waals surface area (Å²) in [6, 6.07) is 24.8. The zero-order valence-electron chi connectivity index (χ0n) is 32.1. The number of hydrazine groups is 1. The summed E-state index contributed by atoms with van der Waals surface area (Å²) in [6.45, 7) is 2.93. The minimum Gasteiger partial charge on any atom is -0.493 e. The third-order valence-corrected chi connectivity index (χ3v) is 11.4. The highest BCUT2D eigenvalue weighted by molar-refractivity contribution is 6.30. The van der Waals surface area contributed by atoms with Crippen LogP contribution in [0.25, 0.3) is 0 Å². The van der Waals surface area contributed by atoms with Crippen molar-refractivity contribution in [3.8, 4) is 46.0 Å². The molecule has 11 heteroatoms. The number of aryl methyl sites for hydroxylation is 1. The van der Waals surface area contributed by atoms with Crippen molar-refractivity contribution in [3.05, 3.63) is 123 Å². The van der Waals surface area contributed by atoms with Gasteiger partial charge >= 0.3 is 0 Å². The number of hydrogen-bond acceptors (Lipinski definition) is 9. The molecule has 4 aliphatic heterocycles. The highest BCUT2D eigenvalue weighted by Crippen LogP contribution is 2.53. The molecule has 4 aliphatic rings. The molecule has 9 rings (SSSR count). The number of methoxy groups -OCH3 is 4. The number of carbonyl (C=O) groups is 1. The maximum Gasteiger partial charge on any atom is 0.272 e. The highest BCUT2D eigenvalue weighted by Gasteiger charge is 2.40. The number of carbonyl (C=O) groups excluding carboxylic acids is 1. The Labute approximate surface area is 326 Å². The number of hydrogen-bond donors (Lipinski definition) is 0. The van der Waals surface area contributed by atoms with E-state index in [1.165, 1.54) is 16.7 Å². The largest absolute Gasteiger partial charge is 0.493 e. The maximum atomic E-state index is 14.7. The van der Waals surface area contributed by atoms with Gasteiger partial charge in [0.05, 0.1) is 40.2 Å². The number of anilines is 1. The molecule has 7 bridgehead atoms. The van der Waals surface area contributed by atoms with Gasteiger partial charge in [-0.05, 0) is 122 Å². The standard InChI is InChI=1S/C44H44ClN3O7/c1-25-18-40(52-6)42(53-7)43-41(25)35-20-29-22-38(37(51-5)24-33(29)48(47(35)3)44(49)27-10-12-30(45)13-11-27)54-31-14-8-26(9-15-31)19-34-32-23-39(55-43)36(50-4)21-28(32)16-17-46(34)2/h8-15,18,21-24,34-35H,16-17,19-20H2,1-7H3/t34-,35-/m0/s1. The van der Waals surface area contributed by atoms with Gasteiger partial charge in [0.2, 0.25) is 5.75 Å². The average molecular weight is 762 g/mol. The topological polar surface area (TPSA) is 82.2 Å². The SMILES string of the molecule is COc1cc2c3cc1Oc1ccc(cc1)C[C@H]1c4cc(c(OC)cc4CCN1C)Oc1c(OC)c(OC)cc(C)c1[C@H](C3)N(C)N2C(=O)c1ccc(Cl)cc1. The second kappa shape index (κ2) is 14.7. The summed E-state index contributed by atoms with van der Waals surface area (Å²) in [5, 5.41) is 4.18. The fraction of sp³-hybridized carbons (Fsp3) is 0.295. The number of likely N-dealkylation sites (N-methyl/N-ethyl adjacent to an activating group) is 2. The minimum absolute atomic E-state index is 0.0863. The van der Waals surface area contributed by atoms with Crippen molar-refractivity contribution in [2.24, 2.45) is 0 Å². The summed E-state index contributed by atoms with van der Waals surface area (Å²) in [6.07, 6.45) is 2.15. The predicted molar refractivity (Wildman–Crippen MR) is 212 cm³/mol. The Morgan fingerprint density at radius 3 is 2.13 bits per heavy atom. The summed E-state index contributed by atoms with van der Waals surface area (Å²) in [4.78, 5) is 17.1. The number of amides is 1. The van der Waals surface area contributed by atoms with Crippen LogP contribution in [0.2, 0.25) is 5.02 Å². The lowest BCUT2D eigenvalue weighted by molar-refractivity contribution is 0.0860. The van der Waals surface area contributed by atoms with Crippen LogP contribution < -0.4 is 33.4 Å². The van der Waals surface area contributed by atoms with Gasteiger partial charge < -0.3 is 28.4 Å². The lowest BCUT2D eigenvalue weighted by Gasteiger charge is -2.44. The van der Waals surface area contributed by atoms with Crippen molar-refractivity contribution in [3.63, 3.8) is 0 Å². The van der Waals surface area contributed by atoms with Crippen molar-refractivity contribution >= 4 is 23.2 Å². The maximum absolute atomic E-state index is 14.7. The lowest BCUT2D eigenvalue weighted by Crippen LogP contribution is -2.50. The van der Waals surface area contributed by atoms with Crippen LogP contribution in [0.3, 0.4) is 0 Å². The quantitative estimate of drug-likeness (QED) is 0.174.